The van der Waals surface area contributed by atoms with Gasteiger partial charge in [0, 0.05) is 9.13 Å². The van der Waals surface area contributed by atoms with Gasteiger partial charge in [0.15, 0.2) is 11.5 Å². The van der Waals surface area contributed by atoms with Crippen LogP contribution in [0.2, 0.25) is 0 Å². The third-order valence-electron chi connectivity index (χ3n) is 2.28. The number of rotatable bonds is 4. The van der Waals surface area contributed by atoms with Crippen molar-refractivity contribution in [2.24, 2.45) is 0 Å². The zero-order chi connectivity index (χ0) is 12.3. The Kier molecular flexibility index (Phi) is 3.73. The van der Waals surface area contributed by atoms with E-state index in [1.165, 1.54) is 6.26 Å². The summed E-state index contributed by atoms with van der Waals surface area (Å²) in [5.74, 6) is -0.259. The van der Waals surface area contributed by atoms with Crippen molar-refractivity contribution < 1.29 is 14.0 Å². The highest BCUT2D eigenvalue weighted by Gasteiger charge is 2.15. The summed E-state index contributed by atoms with van der Waals surface area (Å²) in [5, 5.41) is 0. The van der Waals surface area contributed by atoms with Gasteiger partial charge in [-0.1, -0.05) is 12.1 Å². The molecule has 1 aromatic heterocycles. The summed E-state index contributed by atoms with van der Waals surface area (Å²) in [6, 6.07) is 10.3. The standard InChI is InChI=1S/C13H9IO3/c14-10-5-3-9(4-6-10)11(15)8-12(16)13-2-1-7-17-13/h1-7H,8H2. The van der Waals surface area contributed by atoms with Gasteiger partial charge >= 0.3 is 0 Å². The molecule has 4 heteroatoms. The minimum Gasteiger partial charge on any atom is -0.461 e. The maximum Gasteiger partial charge on any atom is 0.205 e. The summed E-state index contributed by atoms with van der Waals surface area (Å²) in [6.07, 6.45) is 1.26. The first kappa shape index (κ1) is 12.0. The van der Waals surface area contributed by atoms with Gasteiger partial charge < -0.3 is 4.42 Å². The molecule has 0 aliphatic carbocycles. The van der Waals surface area contributed by atoms with Crippen molar-refractivity contribution in [2.45, 2.75) is 6.42 Å². The molecule has 0 saturated carbocycles. The molecular weight excluding hydrogens is 331 g/mol. The van der Waals surface area contributed by atoms with E-state index in [0.29, 0.717) is 5.56 Å². The van der Waals surface area contributed by atoms with Crippen molar-refractivity contribution in [3.63, 3.8) is 0 Å². The van der Waals surface area contributed by atoms with Crippen molar-refractivity contribution in [3.05, 3.63) is 57.6 Å². The van der Waals surface area contributed by atoms with Crippen LogP contribution in [0.1, 0.15) is 27.3 Å². The van der Waals surface area contributed by atoms with E-state index in [9.17, 15) is 9.59 Å². The molecule has 0 saturated heterocycles. The SMILES string of the molecule is O=C(CC(=O)c1ccco1)c1ccc(I)cc1. The summed E-state index contributed by atoms with van der Waals surface area (Å²) in [5.41, 5.74) is 0.547. The molecule has 0 aliphatic heterocycles. The number of Topliss-reactive ketones (excluding diaryl/α,β-unsaturated/α-hetero) is 2. The first-order chi connectivity index (χ1) is 8.16. The van der Waals surface area contributed by atoms with E-state index in [-0.39, 0.29) is 23.7 Å². The number of benzene rings is 1. The van der Waals surface area contributed by atoms with Crippen LogP contribution in [0.4, 0.5) is 0 Å². The molecule has 2 aromatic rings. The van der Waals surface area contributed by atoms with Crippen molar-refractivity contribution in [2.75, 3.05) is 0 Å². The lowest BCUT2D eigenvalue weighted by Gasteiger charge is -1.99. The lowest BCUT2D eigenvalue weighted by molar-refractivity contribution is 0.0878. The van der Waals surface area contributed by atoms with Gasteiger partial charge in [0.2, 0.25) is 5.78 Å². The quantitative estimate of drug-likeness (QED) is 0.487. The topological polar surface area (TPSA) is 47.3 Å². The summed E-state index contributed by atoms with van der Waals surface area (Å²) in [6.45, 7) is 0. The monoisotopic (exact) mass is 340 g/mol. The molecule has 3 nitrogen and oxygen atoms in total. The first-order valence-electron chi connectivity index (χ1n) is 5.02. The molecule has 0 N–H and O–H groups in total. The van der Waals surface area contributed by atoms with Crippen LogP contribution in [-0.2, 0) is 0 Å². The van der Waals surface area contributed by atoms with Crippen LogP contribution in [0, 0.1) is 3.57 Å². The number of furan rings is 1. The van der Waals surface area contributed by atoms with Gasteiger partial charge in [-0.15, -0.1) is 0 Å². The predicted molar refractivity (Wildman–Crippen MR) is 71.1 cm³/mol. The Morgan fingerprint density at radius 2 is 1.76 bits per heavy atom. The van der Waals surface area contributed by atoms with E-state index < -0.39 is 0 Å². The van der Waals surface area contributed by atoms with Gasteiger partial charge in [-0.05, 0) is 46.9 Å². The number of hydrogen-bond acceptors (Lipinski definition) is 3. The number of halogens is 1. The molecule has 0 fully saturated rings. The molecule has 17 heavy (non-hydrogen) atoms. The Morgan fingerprint density at radius 3 is 2.35 bits per heavy atom. The molecule has 0 atom stereocenters. The van der Waals surface area contributed by atoms with Crippen LogP contribution >= 0.6 is 22.6 Å². The number of carbonyl (C=O) groups is 2. The van der Waals surface area contributed by atoms with E-state index in [2.05, 4.69) is 22.6 Å². The second-order valence-corrected chi connectivity index (χ2v) is 4.75. The lowest BCUT2D eigenvalue weighted by atomic mass is 10.1. The maximum absolute atomic E-state index is 11.8. The molecule has 0 unspecified atom stereocenters. The molecule has 86 valence electrons. The van der Waals surface area contributed by atoms with Crippen molar-refractivity contribution in [3.8, 4) is 0 Å². The Hall–Kier alpha value is -1.43. The molecule has 0 spiro atoms. The molecule has 0 radical (unpaired) electrons. The van der Waals surface area contributed by atoms with Crippen molar-refractivity contribution in [1.29, 1.82) is 0 Å². The van der Waals surface area contributed by atoms with E-state index in [4.69, 9.17) is 4.42 Å². The van der Waals surface area contributed by atoms with Crippen LogP contribution in [0.25, 0.3) is 0 Å². The Labute approximate surface area is 112 Å². The van der Waals surface area contributed by atoms with E-state index >= 15 is 0 Å². The summed E-state index contributed by atoms with van der Waals surface area (Å²) in [7, 11) is 0. The average molecular weight is 340 g/mol. The Balaban J connectivity index is 2.07. The fourth-order valence-electron chi connectivity index (χ4n) is 1.41. The largest absolute Gasteiger partial charge is 0.461 e. The first-order valence-corrected chi connectivity index (χ1v) is 6.10. The third kappa shape index (κ3) is 3.03. The molecule has 1 heterocycles. The van der Waals surface area contributed by atoms with Gasteiger partial charge in [-0.2, -0.15) is 0 Å². The minimum atomic E-state index is -0.293. The summed E-state index contributed by atoms with van der Waals surface area (Å²) < 4.78 is 6.00. The normalized spacial score (nSPS) is 10.2. The predicted octanol–water partition coefficient (Wildman–Crippen LogP) is 3.34. The Bertz CT molecular complexity index is 526. The fraction of sp³-hybridized carbons (Fsp3) is 0.0769. The van der Waals surface area contributed by atoms with Gasteiger partial charge in [0.25, 0.3) is 0 Å². The minimum absolute atomic E-state index is 0.159. The van der Waals surface area contributed by atoms with Crippen LogP contribution in [0.5, 0.6) is 0 Å². The molecule has 0 amide bonds. The molecular formula is C13H9IO3. The van der Waals surface area contributed by atoms with Crippen molar-refractivity contribution >= 4 is 34.2 Å². The van der Waals surface area contributed by atoms with E-state index in [1.807, 2.05) is 12.1 Å². The number of ketones is 2. The maximum atomic E-state index is 11.8. The Morgan fingerprint density at radius 1 is 1.06 bits per heavy atom. The van der Waals surface area contributed by atoms with E-state index in [0.717, 1.165) is 3.57 Å². The van der Waals surface area contributed by atoms with Crippen LogP contribution in [0.15, 0.2) is 47.1 Å². The van der Waals surface area contributed by atoms with Gasteiger partial charge in [0.05, 0.1) is 12.7 Å². The number of carbonyl (C=O) groups excluding carboxylic acids is 2. The summed E-state index contributed by atoms with van der Waals surface area (Å²) >= 11 is 2.16. The fourth-order valence-corrected chi connectivity index (χ4v) is 1.77. The lowest BCUT2D eigenvalue weighted by Crippen LogP contribution is -2.07. The van der Waals surface area contributed by atoms with Crippen LogP contribution in [0.3, 0.4) is 0 Å². The average Bonchev–Trinajstić information content (AvgIpc) is 2.83. The highest BCUT2D eigenvalue weighted by atomic mass is 127. The zero-order valence-corrected chi connectivity index (χ0v) is 11.0. The smallest absolute Gasteiger partial charge is 0.205 e. The van der Waals surface area contributed by atoms with Gasteiger partial charge in [-0.3, -0.25) is 9.59 Å². The van der Waals surface area contributed by atoms with Crippen molar-refractivity contribution in [1.82, 2.24) is 0 Å². The second kappa shape index (κ2) is 5.27. The third-order valence-corrected chi connectivity index (χ3v) is 3.00. The van der Waals surface area contributed by atoms with Crippen LogP contribution < -0.4 is 0 Å². The zero-order valence-electron chi connectivity index (χ0n) is 8.85. The van der Waals surface area contributed by atoms with Crippen LogP contribution in [-0.4, -0.2) is 11.6 Å². The van der Waals surface area contributed by atoms with E-state index in [1.54, 1.807) is 24.3 Å². The molecule has 0 aliphatic rings. The summed E-state index contributed by atoms with van der Waals surface area (Å²) in [4.78, 5) is 23.4. The molecule has 0 bridgehead atoms. The number of hydrogen-bond donors (Lipinski definition) is 0. The highest BCUT2D eigenvalue weighted by Crippen LogP contribution is 2.11. The molecule has 2 rings (SSSR count). The highest BCUT2D eigenvalue weighted by molar-refractivity contribution is 14.1. The van der Waals surface area contributed by atoms with Gasteiger partial charge in [-0.25, -0.2) is 0 Å². The van der Waals surface area contributed by atoms with Gasteiger partial charge in [0.1, 0.15) is 0 Å². The molecule has 1 aromatic carbocycles. The second-order valence-electron chi connectivity index (χ2n) is 3.51.